The van der Waals surface area contributed by atoms with Crippen molar-refractivity contribution in [1.82, 2.24) is 15.2 Å². The van der Waals surface area contributed by atoms with Crippen LogP contribution in [0.3, 0.4) is 0 Å². The Morgan fingerprint density at radius 3 is 3.24 bits per heavy atom. The molecule has 1 aliphatic heterocycles. The second-order valence-electron chi connectivity index (χ2n) is 5.28. The fraction of sp³-hybridized carbons (Fsp3) is 0.533. The molecule has 1 aromatic heterocycles. The van der Waals surface area contributed by atoms with E-state index in [0.717, 1.165) is 31.5 Å². The number of carbonyl (C=O) groups excluding carboxylic acids is 1. The maximum Gasteiger partial charge on any atom is 0.224 e. The van der Waals surface area contributed by atoms with Crippen LogP contribution in [-0.4, -0.2) is 42.0 Å². The SMILES string of the molecule is N#Cc1ncccc1CN1CCCC(C(=O)NCCN)C1. The number of rotatable bonds is 5. The van der Waals surface area contributed by atoms with Crippen LogP contribution in [0.4, 0.5) is 0 Å². The number of amides is 1. The second-order valence-corrected chi connectivity index (χ2v) is 5.28. The number of pyridine rings is 1. The Kier molecular flexibility index (Phi) is 5.67. The van der Waals surface area contributed by atoms with E-state index < -0.39 is 0 Å². The molecular weight excluding hydrogens is 266 g/mol. The summed E-state index contributed by atoms with van der Waals surface area (Å²) in [6, 6.07) is 5.88. The van der Waals surface area contributed by atoms with E-state index in [0.29, 0.717) is 25.3 Å². The molecule has 0 spiro atoms. The van der Waals surface area contributed by atoms with Crippen molar-refractivity contribution in [3.63, 3.8) is 0 Å². The van der Waals surface area contributed by atoms with Gasteiger partial charge in [0.15, 0.2) is 0 Å². The summed E-state index contributed by atoms with van der Waals surface area (Å²) in [5.41, 5.74) is 6.79. The minimum atomic E-state index is 0.00695. The van der Waals surface area contributed by atoms with Gasteiger partial charge in [0, 0.05) is 37.9 Å². The summed E-state index contributed by atoms with van der Waals surface area (Å²) in [6.07, 6.45) is 3.52. The van der Waals surface area contributed by atoms with Gasteiger partial charge in [-0.1, -0.05) is 6.07 Å². The molecule has 0 aliphatic carbocycles. The molecule has 1 atom stereocenters. The van der Waals surface area contributed by atoms with Gasteiger partial charge in [-0.2, -0.15) is 5.26 Å². The molecule has 0 saturated carbocycles. The average molecular weight is 287 g/mol. The molecular formula is C15H21N5O. The molecule has 1 aliphatic rings. The molecule has 2 heterocycles. The lowest BCUT2D eigenvalue weighted by Crippen LogP contribution is -2.43. The number of hydrogen-bond donors (Lipinski definition) is 2. The van der Waals surface area contributed by atoms with E-state index in [2.05, 4.69) is 21.3 Å². The number of hydrogen-bond acceptors (Lipinski definition) is 5. The zero-order valence-electron chi connectivity index (χ0n) is 12.1. The Labute approximate surface area is 124 Å². The Morgan fingerprint density at radius 1 is 1.62 bits per heavy atom. The van der Waals surface area contributed by atoms with Gasteiger partial charge in [0.25, 0.3) is 0 Å². The Bertz CT molecular complexity index is 525. The third-order valence-corrected chi connectivity index (χ3v) is 3.71. The molecule has 1 unspecified atom stereocenters. The first-order valence-electron chi connectivity index (χ1n) is 7.28. The monoisotopic (exact) mass is 287 g/mol. The maximum absolute atomic E-state index is 12.0. The number of nitriles is 1. The highest BCUT2D eigenvalue weighted by Gasteiger charge is 2.25. The fourth-order valence-electron chi connectivity index (χ4n) is 2.66. The van der Waals surface area contributed by atoms with Gasteiger partial charge >= 0.3 is 0 Å². The summed E-state index contributed by atoms with van der Waals surface area (Å²) in [7, 11) is 0. The van der Waals surface area contributed by atoms with Crippen molar-refractivity contribution in [3.8, 4) is 6.07 Å². The van der Waals surface area contributed by atoms with Crippen molar-refractivity contribution in [2.75, 3.05) is 26.2 Å². The molecule has 1 aromatic rings. The molecule has 112 valence electrons. The fourth-order valence-corrected chi connectivity index (χ4v) is 2.66. The number of piperidine rings is 1. The highest BCUT2D eigenvalue weighted by molar-refractivity contribution is 5.78. The molecule has 6 nitrogen and oxygen atoms in total. The summed E-state index contributed by atoms with van der Waals surface area (Å²) < 4.78 is 0. The van der Waals surface area contributed by atoms with E-state index in [-0.39, 0.29) is 11.8 Å². The third kappa shape index (κ3) is 4.25. The van der Waals surface area contributed by atoms with Gasteiger partial charge in [0.2, 0.25) is 5.91 Å². The summed E-state index contributed by atoms with van der Waals surface area (Å²) in [5, 5.41) is 11.9. The van der Waals surface area contributed by atoms with Crippen LogP contribution < -0.4 is 11.1 Å². The lowest BCUT2D eigenvalue weighted by Gasteiger charge is -2.32. The zero-order chi connectivity index (χ0) is 15.1. The standard InChI is InChI=1S/C15H21N5O/c16-5-7-19-15(21)13-4-2-8-20(11-13)10-12-3-1-6-18-14(12)9-17/h1,3,6,13H,2,4-5,7-8,10-11,16H2,(H,19,21). The maximum atomic E-state index is 12.0. The van der Waals surface area contributed by atoms with Crippen molar-refractivity contribution in [3.05, 3.63) is 29.6 Å². The lowest BCUT2D eigenvalue weighted by molar-refractivity contribution is -0.126. The van der Waals surface area contributed by atoms with Gasteiger partial charge in [0.1, 0.15) is 11.8 Å². The van der Waals surface area contributed by atoms with Gasteiger partial charge < -0.3 is 11.1 Å². The van der Waals surface area contributed by atoms with Crippen LogP contribution in [0, 0.1) is 17.2 Å². The van der Waals surface area contributed by atoms with Gasteiger partial charge in [-0.25, -0.2) is 4.98 Å². The van der Waals surface area contributed by atoms with E-state index in [1.807, 2.05) is 12.1 Å². The van der Waals surface area contributed by atoms with E-state index in [4.69, 9.17) is 11.0 Å². The van der Waals surface area contributed by atoms with Crippen LogP contribution in [0.2, 0.25) is 0 Å². The molecule has 6 heteroatoms. The van der Waals surface area contributed by atoms with Crippen molar-refractivity contribution < 1.29 is 4.79 Å². The van der Waals surface area contributed by atoms with Gasteiger partial charge in [-0.05, 0) is 25.5 Å². The van der Waals surface area contributed by atoms with E-state index >= 15 is 0 Å². The van der Waals surface area contributed by atoms with E-state index in [1.165, 1.54) is 0 Å². The first-order chi connectivity index (χ1) is 10.2. The molecule has 0 radical (unpaired) electrons. The smallest absolute Gasteiger partial charge is 0.224 e. The van der Waals surface area contributed by atoms with Crippen LogP contribution in [0.5, 0.6) is 0 Å². The normalized spacial score (nSPS) is 19.0. The first-order valence-corrected chi connectivity index (χ1v) is 7.28. The van der Waals surface area contributed by atoms with Crippen molar-refractivity contribution in [2.45, 2.75) is 19.4 Å². The van der Waals surface area contributed by atoms with E-state index in [9.17, 15) is 4.79 Å². The highest BCUT2D eigenvalue weighted by atomic mass is 16.1. The predicted octanol–water partition coefficient (Wildman–Crippen LogP) is 0.240. The third-order valence-electron chi connectivity index (χ3n) is 3.71. The highest BCUT2D eigenvalue weighted by Crippen LogP contribution is 2.19. The average Bonchev–Trinajstić information content (AvgIpc) is 2.53. The quantitative estimate of drug-likeness (QED) is 0.809. The Morgan fingerprint density at radius 2 is 2.48 bits per heavy atom. The van der Waals surface area contributed by atoms with Crippen LogP contribution in [-0.2, 0) is 11.3 Å². The van der Waals surface area contributed by atoms with Crippen molar-refractivity contribution in [1.29, 1.82) is 5.26 Å². The van der Waals surface area contributed by atoms with Crippen LogP contribution in [0.15, 0.2) is 18.3 Å². The predicted molar refractivity (Wildman–Crippen MR) is 79.0 cm³/mol. The number of aromatic nitrogens is 1. The van der Waals surface area contributed by atoms with Gasteiger partial charge in [-0.15, -0.1) is 0 Å². The van der Waals surface area contributed by atoms with Gasteiger partial charge in [-0.3, -0.25) is 9.69 Å². The number of likely N-dealkylation sites (tertiary alicyclic amines) is 1. The second kappa shape index (κ2) is 7.72. The van der Waals surface area contributed by atoms with Crippen LogP contribution >= 0.6 is 0 Å². The Balaban J connectivity index is 1.95. The van der Waals surface area contributed by atoms with Crippen LogP contribution in [0.25, 0.3) is 0 Å². The first kappa shape index (κ1) is 15.4. The largest absolute Gasteiger partial charge is 0.355 e. The number of carbonyl (C=O) groups is 1. The molecule has 1 fully saturated rings. The molecule has 3 N–H and O–H groups in total. The van der Waals surface area contributed by atoms with Crippen molar-refractivity contribution in [2.24, 2.45) is 11.7 Å². The molecule has 1 saturated heterocycles. The zero-order valence-corrected chi connectivity index (χ0v) is 12.1. The molecule has 1 amide bonds. The minimum absolute atomic E-state index is 0.00695. The number of nitrogens with zero attached hydrogens (tertiary/aromatic N) is 3. The summed E-state index contributed by atoms with van der Waals surface area (Å²) in [5.74, 6) is 0.0874. The molecule has 0 aromatic carbocycles. The van der Waals surface area contributed by atoms with Crippen LogP contribution in [0.1, 0.15) is 24.1 Å². The molecule has 0 bridgehead atoms. The molecule has 2 rings (SSSR count). The number of nitrogens with two attached hydrogens (primary N) is 1. The summed E-state index contributed by atoms with van der Waals surface area (Å²) in [6.45, 7) is 3.31. The van der Waals surface area contributed by atoms with E-state index in [1.54, 1.807) is 6.20 Å². The number of nitrogens with one attached hydrogen (secondary N) is 1. The van der Waals surface area contributed by atoms with Gasteiger partial charge in [0.05, 0.1) is 5.92 Å². The summed E-state index contributed by atoms with van der Waals surface area (Å²) >= 11 is 0. The minimum Gasteiger partial charge on any atom is -0.355 e. The molecule has 21 heavy (non-hydrogen) atoms. The lowest BCUT2D eigenvalue weighted by atomic mass is 9.96. The Hall–Kier alpha value is -1.97. The topological polar surface area (TPSA) is 95.0 Å². The summed E-state index contributed by atoms with van der Waals surface area (Å²) in [4.78, 5) is 18.3. The van der Waals surface area contributed by atoms with Crippen molar-refractivity contribution >= 4 is 5.91 Å².